The highest BCUT2D eigenvalue weighted by Crippen LogP contribution is 2.33. The second kappa shape index (κ2) is 4.40. The van der Waals surface area contributed by atoms with Gasteiger partial charge >= 0.3 is 5.97 Å². The van der Waals surface area contributed by atoms with Gasteiger partial charge in [-0.3, -0.25) is 4.79 Å². The molecule has 3 heteroatoms. The van der Waals surface area contributed by atoms with Gasteiger partial charge in [-0.15, -0.1) is 0 Å². The molecule has 0 bridgehead atoms. The van der Waals surface area contributed by atoms with Crippen LogP contribution < -0.4 is 0 Å². The summed E-state index contributed by atoms with van der Waals surface area (Å²) in [4.78, 5) is 22.5. The predicted molar refractivity (Wildman–Crippen MR) is 52.7 cm³/mol. The first kappa shape index (κ1) is 11.0. The number of hydrogen-bond donors (Lipinski definition) is 0. The number of rotatable bonds is 2. The highest BCUT2D eigenvalue weighted by molar-refractivity contribution is 5.89. The molecule has 0 radical (unpaired) electrons. The number of esters is 1. The number of carbonyl (C=O) groups excluding carboxylic acids is 2. The molecule has 0 N–H and O–H groups in total. The first-order chi connectivity index (χ1) is 6.58. The third-order valence-electron chi connectivity index (χ3n) is 2.78. The normalized spacial score (nSPS) is 28.0. The van der Waals surface area contributed by atoms with Crippen molar-refractivity contribution in [2.24, 2.45) is 5.41 Å². The molecule has 0 saturated heterocycles. The SMILES string of the molecule is COC(=O)/C=C/C1(C)CCCCC1=O. The van der Waals surface area contributed by atoms with Crippen molar-refractivity contribution < 1.29 is 14.3 Å². The van der Waals surface area contributed by atoms with Crippen molar-refractivity contribution in [2.75, 3.05) is 7.11 Å². The van der Waals surface area contributed by atoms with Crippen molar-refractivity contribution in [3.8, 4) is 0 Å². The molecular weight excluding hydrogens is 180 g/mol. The average molecular weight is 196 g/mol. The summed E-state index contributed by atoms with van der Waals surface area (Å²) < 4.78 is 4.48. The molecule has 3 nitrogen and oxygen atoms in total. The fraction of sp³-hybridized carbons (Fsp3) is 0.636. The molecule has 14 heavy (non-hydrogen) atoms. The van der Waals surface area contributed by atoms with Gasteiger partial charge in [0.15, 0.2) is 0 Å². The maximum absolute atomic E-state index is 11.6. The van der Waals surface area contributed by atoms with E-state index in [2.05, 4.69) is 4.74 Å². The summed E-state index contributed by atoms with van der Waals surface area (Å²) in [5.41, 5.74) is -0.452. The van der Waals surface area contributed by atoms with Gasteiger partial charge in [0.1, 0.15) is 5.78 Å². The largest absolute Gasteiger partial charge is 0.466 e. The fourth-order valence-electron chi connectivity index (χ4n) is 1.70. The Morgan fingerprint density at radius 2 is 2.21 bits per heavy atom. The Labute approximate surface area is 84.1 Å². The molecule has 1 rings (SSSR count). The van der Waals surface area contributed by atoms with E-state index in [0.29, 0.717) is 6.42 Å². The molecule has 0 spiro atoms. The number of ether oxygens (including phenoxy) is 1. The maximum Gasteiger partial charge on any atom is 0.330 e. The lowest BCUT2D eigenvalue weighted by Gasteiger charge is -2.28. The first-order valence-electron chi connectivity index (χ1n) is 4.89. The second-order valence-corrected chi connectivity index (χ2v) is 3.90. The van der Waals surface area contributed by atoms with Gasteiger partial charge in [-0.05, 0) is 19.8 Å². The van der Waals surface area contributed by atoms with Gasteiger partial charge in [0, 0.05) is 17.9 Å². The topological polar surface area (TPSA) is 43.4 Å². The number of methoxy groups -OCH3 is 1. The zero-order valence-corrected chi connectivity index (χ0v) is 8.71. The summed E-state index contributed by atoms with van der Waals surface area (Å²) in [5, 5.41) is 0. The maximum atomic E-state index is 11.6. The summed E-state index contributed by atoms with van der Waals surface area (Å²) in [7, 11) is 1.33. The lowest BCUT2D eigenvalue weighted by molar-refractivity contribution is -0.134. The Morgan fingerprint density at radius 3 is 2.79 bits per heavy atom. The van der Waals surface area contributed by atoms with Crippen molar-refractivity contribution in [3.63, 3.8) is 0 Å². The van der Waals surface area contributed by atoms with E-state index in [9.17, 15) is 9.59 Å². The Kier molecular flexibility index (Phi) is 3.44. The summed E-state index contributed by atoms with van der Waals surface area (Å²) in [6, 6.07) is 0. The van der Waals surface area contributed by atoms with Gasteiger partial charge in [-0.2, -0.15) is 0 Å². The second-order valence-electron chi connectivity index (χ2n) is 3.90. The van der Waals surface area contributed by atoms with Crippen molar-refractivity contribution in [1.29, 1.82) is 0 Å². The molecule has 1 aliphatic rings. The van der Waals surface area contributed by atoms with Crippen molar-refractivity contribution in [2.45, 2.75) is 32.6 Å². The van der Waals surface area contributed by atoms with E-state index in [1.807, 2.05) is 6.92 Å². The van der Waals surface area contributed by atoms with Gasteiger partial charge in [-0.25, -0.2) is 4.79 Å². The molecule has 1 atom stereocenters. The number of allylic oxidation sites excluding steroid dienone is 1. The van der Waals surface area contributed by atoms with Crippen LogP contribution in [0.3, 0.4) is 0 Å². The monoisotopic (exact) mass is 196 g/mol. The van der Waals surface area contributed by atoms with E-state index in [1.54, 1.807) is 6.08 Å². The summed E-state index contributed by atoms with van der Waals surface area (Å²) in [6.07, 6.45) is 6.51. The molecule has 1 fully saturated rings. The molecule has 78 valence electrons. The standard InChI is InChI=1S/C11H16O3/c1-11(8-6-10(13)14-2)7-4-3-5-9(11)12/h6,8H,3-5,7H2,1-2H3/b8-6+. The Balaban J connectivity index is 2.68. The van der Waals surface area contributed by atoms with Gasteiger partial charge in [-0.1, -0.05) is 12.5 Å². The molecule has 0 aromatic heterocycles. The minimum Gasteiger partial charge on any atom is -0.466 e. The molecule has 0 heterocycles. The van der Waals surface area contributed by atoms with Gasteiger partial charge in [0.05, 0.1) is 7.11 Å². The van der Waals surface area contributed by atoms with Gasteiger partial charge < -0.3 is 4.74 Å². The molecule has 0 aliphatic heterocycles. The molecule has 0 amide bonds. The number of ketones is 1. The van der Waals surface area contributed by atoms with Crippen LogP contribution in [0.15, 0.2) is 12.2 Å². The first-order valence-corrected chi connectivity index (χ1v) is 4.89. The highest BCUT2D eigenvalue weighted by atomic mass is 16.5. The summed E-state index contributed by atoms with van der Waals surface area (Å²) in [6.45, 7) is 1.88. The Hall–Kier alpha value is -1.12. The van der Waals surface area contributed by atoms with Crippen LogP contribution in [0.25, 0.3) is 0 Å². The van der Waals surface area contributed by atoms with Crippen molar-refractivity contribution in [1.82, 2.24) is 0 Å². The van der Waals surface area contributed by atoms with E-state index in [4.69, 9.17) is 0 Å². The van der Waals surface area contributed by atoms with Crippen LogP contribution >= 0.6 is 0 Å². The summed E-state index contributed by atoms with van der Waals surface area (Å²) >= 11 is 0. The quantitative estimate of drug-likeness (QED) is 0.500. The molecular formula is C11H16O3. The van der Waals surface area contributed by atoms with E-state index in [0.717, 1.165) is 19.3 Å². The minimum atomic E-state index is -0.452. The van der Waals surface area contributed by atoms with Crippen LogP contribution in [-0.4, -0.2) is 18.9 Å². The Morgan fingerprint density at radius 1 is 1.50 bits per heavy atom. The average Bonchev–Trinajstić information content (AvgIpc) is 2.19. The van der Waals surface area contributed by atoms with Crippen LogP contribution in [0.1, 0.15) is 32.6 Å². The smallest absolute Gasteiger partial charge is 0.330 e. The van der Waals surface area contributed by atoms with E-state index < -0.39 is 11.4 Å². The summed E-state index contributed by atoms with van der Waals surface area (Å²) in [5.74, 6) is -0.173. The van der Waals surface area contributed by atoms with Crippen LogP contribution in [0, 0.1) is 5.41 Å². The van der Waals surface area contributed by atoms with Crippen LogP contribution in [-0.2, 0) is 14.3 Å². The molecule has 0 aromatic rings. The zero-order valence-electron chi connectivity index (χ0n) is 8.71. The number of Topliss-reactive ketones (excluding diaryl/α,β-unsaturated/α-hetero) is 1. The van der Waals surface area contributed by atoms with E-state index in [-0.39, 0.29) is 5.78 Å². The van der Waals surface area contributed by atoms with E-state index >= 15 is 0 Å². The van der Waals surface area contributed by atoms with Crippen LogP contribution in [0.2, 0.25) is 0 Å². The lowest BCUT2D eigenvalue weighted by Crippen LogP contribution is -2.29. The molecule has 1 aliphatic carbocycles. The van der Waals surface area contributed by atoms with Crippen LogP contribution in [0.4, 0.5) is 0 Å². The van der Waals surface area contributed by atoms with E-state index in [1.165, 1.54) is 13.2 Å². The predicted octanol–water partition coefficient (Wildman–Crippen LogP) is 1.86. The third-order valence-corrected chi connectivity index (χ3v) is 2.78. The van der Waals surface area contributed by atoms with Crippen molar-refractivity contribution >= 4 is 11.8 Å². The lowest BCUT2D eigenvalue weighted by atomic mass is 9.74. The van der Waals surface area contributed by atoms with Crippen molar-refractivity contribution in [3.05, 3.63) is 12.2 Å². The fourth-order valence-corrected chi connectivity index (χ4v) is 1.70. The molecule has 0 aromatic carbocycles. The van der Waals surface area contributed by atoms with Crippen LogP contribution in [0.5, 0.6) is 0 Å². The third kappa shape index (κ3) is 2.44. The number of carbonyl (C=O) groups is 2. The minimum absolute atomic E-state index is 0.226. The number of hydrogen-bond acceptors (Lipinski definition) is 3. The van der Waals surface area contributed by atoms with Gasteiger partial charge in [0.25, 0.3) is 0 Å². The Bertz CT molecular complexity index is 268. The molecule has 1 unspecified atom stereocenters. The van der Waals surface area contributed by atoms with Gasteiger partial charge in [0.2, 0.25) is 0 Å². The molecule has 1 saturated carbocycles. The highest BCUT2D eigenvalue weighted by Gasteiger charge is 2.32. The zero-order chi connectivity index (χ0) is 10.6.